The van der Waals surface area contributed by atoms with Crippen LogP contribution in [-0.4, -0.2) is 37.7 Å². The third kappa shape index (κ3) is 2.50. The summed E-state index contributed by atoms with van der Waals surface area (Å²) in [5, 5.41) is 12.2. The second-order valence-electron chi connectivity index (χ2n) is 4.96. The van der Waals surface area contributed by atoms with Crippen molar-refractivity contribution in [1.29, 1.82) is 0 Å². The van der Waals surface area contributed by atoms with Gasteiger partial charge in [-0.05, 0) is 22.8 Å². The summed E-state index contributed by atoms with van der Waals surface area (Å²) in [6, 6.07) is 8.89. The van der Waals surface area contributed by atoms with E-state index in [-0.39, 0.29) is 0 Å². The molecule has 1 atom stereocenters. The number of hydrogen-bond donors (Lipinski definition) is 1. The van der Waals surface area contributed by atoms with Gasteiger partial charge >= 0.3 is 0 Å². The Morgan fingerprint density at radius 2 is 2.11 bits per heavy atom. The molecule has 0 radical (unpaired) electrons. The first-order valence-electron chi connectivity index (χ1n) is 6.50. The fourth-order valence-corrected chi connectivity index (χ4v) is 2.63. The van der Waals surface area contributed by atoms with Crippen molar-refractivity contribution in [2.45, 2.75) is 25.6 Å². The maximum absolute atomic E-state index is 5.91. The van der Waals surface area contributed by atoms with Crippen LogP contribution in [0.15, 0.2) is 24.3 Å². The van der Waals surface area contributed by atoms with Crippen LogP contribution in [0.1, 0.15) is 17.0 Å². The molecule has 3 rings (SSSR count). The maximum Gasteiger partial charge on any atom is 0.188 e. The van der Waals surface area contributed by atoms with Gasteiger partial charge < -0.3 is 5.73 Å². The lowest BCUT2D eigenvalue weighted by Crippen LogP contribution is -2.44. The fraction of sp³-hybridized carbons (Fsp3) is 0.462. The molecular weight excluding hydrogens is 240 g/mol. The minimum atomic E-state index is 0.346. The zero-order valence-electron chi connectivity index (χ0n) is 11.0. The first-order chi connectivity index (χ1) is 9.26. The molecule has 1 aliphatic rings. The highest BCUT2D eigenvalue weighted by Gasteiger charge is 2.25. The van der Waals surface area contributed by atoms with Gasteiger partial charge in [-0.25, -0.2) is 0 Å². The van der Waals surface area contributed by atoms with Gasteiger partial charge in [-0.3, -0.25) is 4.90 Å². The minimum Gasteiger partial charge on any atom is -0.329 e. The number of nitrogens with zero attached hydrogens (tertiary/aromatic N) is 5. The number of aromatic nitrogens is 4. The number of benzene rings is 1. The van der Waals surface area contributed by atoms with Crippen molar-refractivity contribution in [2.24, 2.45) is 12.8 Å². The second-order valence-corrected chi connectivity index (χ2v) is 4.96. The zero-order chi connectivity index (χ0) is 13.2. The quantitative estimate of drug-likeness (QED) is 0.845. The van der Waals surface area contributed by atoms with Crippen molar-refractivity contribution in [2.75, 3.05) is 6.54 Å². The Morgan fingerprint density at radius 3 is 2.79 bits per heavy atom. The highest BCUT2D eigenvalue weighted by Crippen LogP contribution is 2.23. The van der Waals surface area contributed by atoms with Crippen LogP contribution in [0.4, 0.5) is 0 Å². The molecule has 6 nitrogen and oxygen atoms in total. The number of hydrogen-bond acceptors (Lipinski definition) is 5. The van der Waals surface area contributed by atoms with Crippen LogP contribution in [0.2, 0.25) is 0 Å². The predicted molar refractivity (Wildman–Crippen MR) is 71.0 cm³/mol. The smallest absolute Gasteiger partial charge is 0.188 e. The van der Waals surface area contributed by atoms with Gasteiger partial charge in [-0.2, -0.15) is 4.80 Å². The van der Waals surface area contributed by atoms with Crippen LogP contribution in [0.5, 0.6) is 0 Å². The molecule has 0 saturated carbocycles. The number of tetrazole rings is 1. The molecule has 0 amide bonds. The summed E-state index contributed by atoms with van der Waals surface area (Å²) in [6.07, 6.45) is 0.993. The first-order valence-corrected chi connectivity index (χ1v) is 6.50. The number of nitrogens with two attached hydrogens (primary N) is 1. The highest BCUT2D eigenvalue weighted by molar-refractivity contribution is 5.30. The van der Waals surface area contributed by atoms with E-state index in [9.17, 15) is 0 Å². The van der Waals surface area contributed by atoms with E-state index < -0.39 is 0 Å². The lowest BCUT2D eigenvalue weighted by atomic mass is 9.94. The van der Waals surface area contributed by atoms with Gasteiger partial charge in [0.05, 0.1) is 13.6 Å². The van der Waals surface area contributed by atoms with E-state index in [1.54, 1.807) is 7.05 Å². The summed E-state index contributed by atoms with van der Waals surface area (Å²) >= 11 is 0. The molecule has 1 aliphatic heterocycles. The van der Waals surface area contributed by atoms with E-state index in [1.807, 2.05) is 0 Å². The van der Waals surface area contributed by atoms with Crippen molar-refractivity contribution >= 4 is 0 Å². The molecule has 0 spiro atoms. The van der Waals surface area contributed by atoms with Gasteiger partial charge in [-0.15, -0.1) is 10.2 Å². The summed E-state index contributed by atoms with van der Waals surface area (Å²) in [4.78, 5) is 3.82. The molecule has 0 saturated heterocycles. The lowest BCUT2D eigenvalue weighted by molar-refractivity contribution is 0.162. The van der Waals surface area contributed by atoms with Gasteiger partial charge in [0.25, 0.3) is 0 Å². The molecule has 1 aromatic carbocycles. The highest BCUT2D eigenvalue weighted by atomic mass is 15.6. The molecule has 100 valence electrons. The maximum atomic E-state index is 5.91. The van der Waals surface area contributed by atoms with E-state index in [4.69, 9.17) is 5.73 Å². The van der Waals surface area contributed by atoms with Gasteiger partial charge in [-0.1, -0.05) is 24.3 Å². The third-order valence-corrected chi connectivity index (χ3v) is 3.63. The van der Waals surface area contributed by atoms with Crippen LogP contribution in [0.3, 0.4) is 0 Å². The molecule has 1 unspecified atom stereocenters. The molecule has 2 aromatic rings. The van der Waals surface area contributed by atoms with Gasteiger partial charge in [0, 0.05) is 19.1 Å². The molecule has 0 bridgehead atoms. The molecular formula is C13H18N6. The summed E-state index contributed by atoms with van der Waals surface area (Å²) in [6.45, 7) is 2.24. The predicted octanol–water partition coefficient (Wildman–Crippen LogP) is 0.0957. The average molecular weight is 258 g/mol. The molecule has 0 aliphatic carbocycles. The molecule has 2 N–H and O–H groups in total. The summed E-state index contributed by atoms with van der Waals surface area (Å²) in [7, 11) is 1.78. The minimum absolute atomic E-state index is 0.346. The molecule has 6 heteroatoms. The molecule has 2 heterocycles. The van der Waals surface area contributed by atoms with Gasteiger partial charge in [0.2, 0.25) is 0 Å². The van der Waals surface area contributed by atoms with Gasteiger partial charge in [0.1, 0.15) is 0 Å². The SMILES string of the molecule is Cn1nnc(CN2Cc3ccccc3CC2CN)n1. The van der Waals surface area contributed by atoms with Crippen molar-refractivity contribution < 1.29 is 0 Å². The van der Waals surface area contributed by atoms with Crippen molar-refractivity contribution in [1.82, 2.24) is 25.1 Å². The monoisotopic (exact) mass is 258 g/mol. The third-order valence-electron chi connectivity index (χ3n) is 3.63. The summed E-state index contributed by atoms with van der Waals surface area (Å²) in [5.74, 6) is 0.750. The second kappa shape index (κ2) is 5.07. The Balaban J connectivity index is 1.81. The van der Waals surface area contributed by atoms with E-state index in [0.29, 0.717) is 19.1 Å². The largest absolute Gasteiger partial charge is 0.329 e. The van der Waals surface area contributed by atoms with Crippen LogP contribution in [0, 0.1) is 0 Å². The molecule has 0 fully saturated rings. The topological polar surface area (TPSA) is 72.9 Å². The Bertz CT molecular complexity index is 564. The Kier molecular flexibility index (Phi) is 3.27. The summed E-state index contributed by atoms with van der Waals surface area (Å²) in [5.41, 5.74) is 8.68. The van der Waals surface area contributed by atoms with E-state index >= 15 is 0 Å². The average Bonchev–Trinajstić information content (AvgIpc) is 2.83. The molecule has 1 aromatic heterocycles. The number of aryl methyl sites for hydroxylation is 1. The van der Waals surface area contributed by atoms with Crippen LogP contribution in [0.25, 0.3) is 0 Å². The van der Waals surface area contributed by atoms with Crippen LogP contribution in [-0.2, 0) is 26.6 Å². The van der Waals surface area contributed by atoms with E-state index in [0.717, 1.165) is 18.8 Å². The van der Waals surface area contributed by atoms with Crippen molar-refractivity contribution in [3.8, 4) is 0 Å². The van der Waals surface area contributed by atoms with Crippen LogP contribution < -0.4 is 5.73 Å². The Hall–Kier alpha value is -1.79. The fourth-order valence-electron chi connectivity index (χ4n) is 2.63. The first kappa shape index (κ1) is 12.3. The Morgan fingerprint density at radius 1 is 1.32 bits per heavy atom. The van der Waals surface area contributed by atoms with E-state index in [1.165, 1.54) is 15.9 Å². The lowest BCUT2D eigenvalue weighted by Gasteiger charge is -2.35. The molecule has 19 heavy (non-hydrogen) atoms. The summed E-state index contributed by atoms with van der Waals surface area (Å²) < 4.78 is 0. The van der Waals surface area contributed by atoms with Gasteiger partial charge in [0.15, 0.2) is 5.82 Å². The van der Waals surface area contributed by atoms with Crippen molar-refractivity contribution in [3.63, 3.8) is 0 Å². The standard InChI is InChI=1S/C13H18N6/c1-18-16-13(15-17-18)9-19-8-11-5-3-2-4-10(11)6-12(19)7-14/h2-5,12H,6-9,14H2,1H3. The number of fused-ring (bicyclic) bond motifs is 1. The van der Waals surface area contributed by atoms with Crippen LogP contribution >= 0.6 is 0 Å². The normalized spacial score (nSPS) is 19.4. The van der Waals surface area contributed by atoms with E-state index in [2.05, 4.69) is 44.6 Å². The van der Waals surface area contributed by atoms with Crippen molar-refractivity contribution in [3.05, 3.63) is 41.2 Å². The Labute approximate surface area is 112 Å². The zero-order valence-corrected chi connectivity index (χ0v) is 11.0. The number of rotatable bonds is 3.